The summed E-state index contributed by atoms with van der Waals surface area (Å²) in [6.45, 7) is 2.68. The molecule has 0 radical (unpaired) electrons. The fraction of sp³-hybridized carbons (Fsp3) is 0.523. The van der Waals surface area contributed by atoms with E-state index < -0.39 is 24.1 Å². The monoisotopic (exact) mass is 731 g/mol. The van der Waals surface area contributed by atoms with E-state index in [1.807, 2.05) is 60.7 Å². The molecule has 0 saturated heterocycles. The molecule has 0 fully saturated rings. The summed E-state index contributed by atoms with van der Waals surface area (Å²) in [6.07, 6.45) is 22.2. The Kier molecular flexibility index (Phi) is 22.1. The Hall–Kier alpha value is -4.37. The Morgan fingerprint density at radius 3 is 2.02 bits per heavy atom. The summed E-state index contributed by atoms with van der Waals surface area (Å²) >= 11 is 0. The molecular weight excluding hydrogens is 670 g/mol. The van der Waals surface area contributed by atoms with Crippen molar-refractivity contribution in [3.63, 3.8) is 0 Å². The molecule has 0 unspecified atom stereocenters. The summed E-state index contributed by atoms with van der Waals surface area (Å²) in [4.78, 5) is 37.4. The van der Waals surface area contributed by atoms with Crippen LogP contribution in [0.3, 0.4) is 0 Å². The highest BCUT2D eigenvalue weighted by atomic mass is 16.6. The van der Waals surface area contributed by atoms with Crippen molar-refractivity contribution < 1.29 is 38.4 Å². The standard InChI is InChI=1S/C44H61NO8/c1-2-3-4-5-6-7-8-9-10-11-12-13-14-15-23-30-39(47)45-32-25-18-24-31-40(48)50-35-38(46)41-42(51-33-36-26-19-16-20-27-36)43(44(49)53-41)52-34-37-28-21-17-22-29-37/h9-10,12-13,16-17,19-22,26-29,38,41,46H,2-8,11,14-15,18,23-25,30-35H2,1H3,(H,45,47)/b10-9+,13-12+/t38-,41+/m0/s1. The molecule has 9 heteroatoms. The third-order valence-electron chi connectivity index (χ3n) is 8.86. The largest absolute Gasteiger partial charge is 0.485 e. The van der Waals surface area contributed by atoms with E-state index in [1.165, 1.54) is 44.9 Å². The second-order valence-electron chi connectivity index (χ2n) is 13.5. The lowest BCUT2D eigenvalue weighted by Gasteiger charge is -2.20. The van der Waals surface area contributed by atoms with Crippen molar-refractivity contribution in [1.82, 2.24) is 5.32 Å². The number of ether oxygens (including phenoxy) is 4. The predicted octanol–water partition coefficient (Wildman–Crippen LogP) is 8.95. The van der Waals surface area contributed by atoms with Gasteiger partial charge < -0.3 is 29.4 Å². The van der Waals surface area contributed by atoms with Crippen molar-refractivity contribution in [2.75, 3.05) is 13.2 Å². The minimum Gasteiger partial charge on any atom is -0.485 e. The number of cyclic esters (lactones) is 1. The highest BCUT2D eigenvalue weighted by Crippen LogP contribution is 2.29. The molecule has 2 atom stereocenters. The molecule has 0 saturated carbocycles. The maximum absolute atomic E-state index is 12.8. The first-order valence-electron chi connectivity index (χ1n) is 19.7. The second-order valence-corrected chi connectivity index (χ2v) is 13.5. The van der Waals surface area contributed by atoms with E-state index in [0.29, 0.717) is 19.4 Å². The maximum atomic E-state index is 12.8. The molecule has 0 spiro atoms. The Bertz CT molecular complexity index is 1400. The van der Waals surface area contributed by atoms with Crippen LogP contribution >= 0.6 is 0 Å². The molecule has 53 heavy (non-hydrogen) atoms. The molecule has 0 aromatic heterocycles. The van der Waals surface area contributed by atoms with Gasteiger partial charge in [0.2, 0.25) is 11.7 Å². The van der Waals surface area contributed by atoms with Crippen LogP contribution in [0.4, 0.5) is 0 Å². The number of aliphatic hydroxyl groups is 1. The number of esters is 2. The Balaban J connectivity index is 1.24. The van der Waals surface area contributed by atoms with Gasteiger partial charge in [0.05, 0.1) is 0 Å². The van der Waals surface area contributed by atoms with Gasteiger partial charge in [-0.05, 0) is 62.5 Å². The van der Waals surface area contributed by atoms with Crippen LogP contribution in [0.5, 0.6) is 0 Å². The molecule has 1 heterocycles. The number of carbonyl (C=O) groups is 3. The van der Waals surface area contributed by atoms with Gasteiger partial charge in [-0.1, -0.05) is 130 Å². The van der Waals surface area contributed by atoms with Gasteiger partial charge in [-0.25, -0.2) is 4.79 Å². The number of benzene rings is 2. The lowest BCUT2D eigenvalue weighted by Crippen LogP contribution is -2.34. The Morgan fingerprint density at radius 1 is 0.755 bits per heavy atom. The van der Waals surface area contributed by atoms with Crippen LogP contribution in [0, 0.1) is 0 Å². The number of hydrogen-bond acceptors (Lipinski definition) is 8. The van der Waals surface area contributed by atoms with Gasteiger partial charge in [-0.3, -0.25) is 9.59 Å². The zero-order valence-electron chi connectivity index (χ0n) is 31.7. The smallest absolute Gasteiger partial charge is 0.378 e. The first-order valence-corrected chi connectivity index (χ1v) is 19.7. The number of allylic oxidation sites excluding steroid dienone is 4. The summed E-state index contributed by atoms with van der Waals surface area (Å²) in [5, 5.41) is 13.9. The molecule has 1 amide bonds. The maximum Gasteiger partial charge on any atom is 0.378 e. The van der Waals surface area contributed by atoms with Crippen molar-refractivity contribution in [3.8, 4) is 0 Å². The van der Waals surface area contributed by atoms with Crippen LogP contribution < -0.4 is 5.32 Å². The zero-order chi connectivity index (χ0) is 37.8. The van der Waals surface area contributed by atoms with Crippen LogP contribution in [0.1, 0.15) is 121 Å². The lowest BCUT2D eigenvalue weighted by atomic mass is 10.1. The van der Waals surface area contributed by atoms with Crippen molar-refractivity contribution in [2.24, 2.45) is 0 Å². The zero-order valence-corrected chi connectivity index (χ0v) is 31.7. The number of rotatable bonds is 29. The molecule has 0 aliphatic carbocycles. The first-order chi connectivity index (χ1) is 26.0. The Labute approximate surface area is 316 Å². The van der Waals surface area contributed by atoms with Gasteiger partial charge in [-0.15, -0.1) is 0 Å². The third-order valence-corrected chi connectivity index (χ3v) is 8.86. The first kappa shape index (κ1) is 43.0. The highest BCUT2D eigenvalue weighted by Gasteiger charge is 2.42. The molecule has 2 aromatic rings. The molecular formula is C44H61NO8. The summed E-state index contributed by atoms with van der Waals surface area (Å²) < 4.78 is 22.5. The topological polar surface area (TPSA) is 120 Å². The number of nitrogens with one attached hydrogen (secondary N) is 1. The Morgan fingerprint density at radius 2 is 1.34 bits per heavy atom. The third kappa shape index (κ3) is 18.8. The van der Waals surface area contributed by atoms with Gasteiger partial charge in [0.25, 0.3) is 0 Å². The number of aliphatic hydroxyl groups excluding tert-OH is 1. The molecule has 0 bridgehead atoms. The second kappa shape index (κ2) is 27.3. The molecule has 2 N–H and O–H groups in total. The quantitative estimate of drug-likeness (QED) is 0.0484. The van der Waals surface area contributed by atoms with Gasteiger partial charge >= 0.3 is 11.9 Å². The van der Waals surface area contributed by atoms with E-state index in [1.54, 1.807) is 0 Å². The van der Waals surface area contributed by atoms with Gasteiger partial charge in [-0.2, -0.15) is 0 Å². The average Bonchev–Trinajstić information content (AvgIpc) is 3.50. The number of carbonyl (C=O) groups excluding carboxylic acids is 3. The number of amides is 1. The summed E-state index contributed by atoms with van der Waals surface area (Å²) in [6, 6.07) is 18.7. The van der Waals surface area contributed by atoms with Crippen molar-refractivity contribution in [3.05, 3.63) is 108 Å². The highest BCUT2D eigenvalue weighted by molar-refractivity contribution is 5.89. The van der Waals surface area contributed by atoms with Crippen molar-refractivity contribution in [1.29, 1.82) is 0 Å². The van der Waals surface area contributed by atoms with E-state index in [0.717, 1.165) is 49.7 Å². The molecule has 290 valence electrons. The van der Waals surface area contributed by atoms with Crippen LogP contribution in [-0.4, -0.2) is 48.3 Å². The lowest BCUT2D eigenvalue weighted by molar-refractivity contribution is -0.155. The van der Waals surface area contributed by atoms with Crippen LogP contribution in [0.15, 0.2) is 96.5 Å². The summed E-state index contributed by atoms with van der Waals surface area (Å²) in [5.74, 6) is -1.21. The van der Waals surface area contributed by atoms with Gasteiger partial charge in [0.1, 0.15) is 25.9 Å². The van der Waals surface area contributed by atoms with Gasteiger partial charge in [0, 0.05) is 19.4 Å². The SMILES string of the molecule is CCCCCCCC/C=C/C/C=C/CCCCC(=O)NCCCCCC(=O)OC[C@H](O)[C@H]1OC(=O)C(OCc2ccccc2)=C1OCc1ccccc1. The van der Waals surface area contributed by atoms with Gasteiger partial charge in [0.15, 0.2) is 11.9 Å². The molecule has 2 aromatic carbocycles. The van der Waals surface area contributed by atoms with E-state index in [2.05, 4.69) is 36.5 Å². The fourth-order valence-electron chi connectivity index (χ4n) is 5.77. The number of hydrogen-bond donors (Lipinski definition) is 2. The normalized spacial score (nSPS) is 14.8. The van der Waals surface area contributed by atoms with E-state index in [9.17, 15) is 19.5 Å². The number of unbranched alkanes of at least 4 members (excludes halogenated alkanes) is 10. The minimum absolute atomic E-state index is 0.0578. The fourth-order valence-corrected chi connectivity index (χ4v) is 5.77. The average molecular weight is 732 g/mol. The molecule has 9 nitrogen and oxygen atoms in total. The predicted molar refractivity (Wildman–Crippen MR) is 207 cm³/mol. The minimum atomic E-state index is -1.35. The van der Waals surface area contributed by atoms with E-state index >= 15 is 0 Å². The van der Waals surface area contributed by atoms with Crippen molar-refractivity contribution >= 4 is 17.8 Å². The molecule has 1 aliphatic rings. The van der Waals surface area contributed by atoms with Crippen molar-refractivity contribution in [2.45, 2.75) is 135 Å². The van der Waals surface area contributed by atoms with Crippen LogP contribution in [-0.2, 0) is 46.5 Å². The van der Waals surface area contributed by atoms with E-state index in [4.69, 9.17) is 18.9 Å². The van der Waals surface area contributed by atoms with Crippen LogP contribution in [0.25, 0.3) is 0 Å². The summed E-state index contributed by atoms with van der Waals surface area (Å²) in [7, 11) is 0. The molecule has 3 rings (SSSR count). The molecule has 1 aliphatic heterocycles. The summed E-state index contributed by atoms with van der Waals surface area (Å²) in [5.41, 5.74) is 1.71. The van der Waals surface area contributed by atoms with E-state index in [-0.39, 0.29) is 43.7 Å². The van der Waals surface area contributed by atoms with Crippen LogP contribution in [0.2, 0.25) is 0 Å².